The zero-order valence-corrected chi connectivity index (χ0v) is 18.4. The molecule has 1 heterocycles. The number of carbonyl (C=O) groups is 3. The van der Waals surface area contributed by atoms with Crippen LogP contribution in [0.1, 0.15) is 46.4 Å². The summed E-state index contributed by atoms with van der Waals surface area (Å²) in [5.41, 5.74) is 0.528. The van der Waals surface area contributed by atoms with Crippen molar-refractivity contribution in [2.24, 2.45) is 0 Å². The Hall–Kier alpha value is -3.07. The molecule has 2 aromatic rings. The summed E-state index contributed by atoms with van der Waals surface area (Å²) in [4.78, 5) is 37.6. The molecule has 162 valence electrons. The minimum atomic E-state index is -0.874. The van der Waals surface area contributed by atoms with Crippen molar-refractivity contribution in [2.45, 2.75) is 33.8 Å². The number of benzene rings is 1. The van der Waals surface area contributed by atoms with Crippen LogP contribution in [0.3, 0.4) is 0 Å². The summed E-state index contributed by atoms with van der Waals surface area (Å²) in [7, 11) is 1.53. The Kier molecular flexibility index (Phi) is 8.23. The van der Waals surface area contributed by atoms with Gasteiger partial charge in [0.25, 0.3) is 5.91 Å². The monoisotopic (exact) mass is 435 g/mol. The van der Waals surface area contributed by atoms with Crippen molar-refractivity contribution < 1.29 is 33.3 Å². The standard InChI is InChI=1S/C21H25NO7S/c1-6-27-20(24)16-12(3)17(21(25)28-7-2)30-19(16)22-18(23)13(4)29-15-10-8-9-14(11-15)26-5/h8-11,13H,6-7H2,1-5H3,(H,22,23). The van der Waals surface area contributed by atoms with Crippen LogP contribution in [0.25, 0.3) is 0 Å². The minimum Gasteiger partial charge on any atom is -0.497 e. The second-order valence-electron chi connectivity index (χ2n) is 6.13. The molecule has 1 N–H and O–H groups in total. The Morgan fingerprint density at radius 1 is 1.07 bits per heavy atom. The predicted octanol–water partition coefficient (Wildman–Crippen LogP) is 3.82. The lowest BCUT2D eigenvalue weighted by molar-refractivity contribution is -0.122. The van der Waals surface area contributed by atoms with Crippen molar-refractivity contribution in [1.29, 1.82) is 0 Å². The van der Waals surface area contributed by atoms with E-state index in [9.17, 15) is 14.4 Å². The summed E-state index contributed by atoms with van der Waals surface area (Å²) in [5, 5.41) is 2.88. The van der Waals surface area contributed by atoms with Gasteiger partial charge < -0.3 is 24.3 Å². The number of thiophene rings is 1. The van der Waals surface area contributed by atoms with E-state index in [4.69, 9.17) is 18.9 Å². The SMILES string of the molecule is CCOC(=O)c1sc(NC(=O)C(C)Oc2cccc(OC)c2)c(C(=O)OCC)c1C. The van der Waals surface area contributed by atoms with Gasteiger partial charge in [-0.25, -0.2) is 9.59 Å². The smallest absolute Gasteiger partial charge is 0.348 e. The summed E-state index contributed by atoms with van der Waals surface area (Å²) >= 11 is 0.964. The first-order chi connectivity index (χ1) is 14.3. The van der Waals surface area contributed by atoms with E-state index in [1.54, 1.807) is 52.0 Å². The molecule has 2 rings (SSSR count). The van der Waals surface area contributed by atoms with Crippen LogP contribution in [-0.4, -0.2) is 44.3 Å². The first-order valence-corrected chi connectivity index (χ1v) is 10.2. The van der Waals surface area contributed by atoms with Gasteiger partial charge in [-0.15, -0.1) is 11.3 Å². The fourth-order valence-electron chi connectivity index (χ4n) is 2.59. The molecule has 1 aromatic carbocycles. The Morgan fingerprint density at radius 3 is 2.33 bits per heavy atom. The fraction of sp³-hybridized carbons (Fsp3) is 0.381. The normalized spacial score (nSPS) is 11.4. The second kappa shape index (κ2) is 10.6. The molecule has 0 radical (unpaired) electrons. The lowest BCUT2D eigenvalue weighted by atomic mass is 10.1. The molecule has 9 heteroatoms. The molecule has 0 aliphatic carbocycles. The Morgan fingerprint density at radius 2 is 1.70 bits per heavy atom. The van der Waals surface area contributed by atoms with E-state index in [1.807, 2.05) is 0 Å². The number of methoxy groups -OCH3 is 1. The molecule has 1 aromatic heterocycles. The summed E-state index contributed by atoms with van der Waals surface area (Å²) in [6.07, 6.45) is -0.874. The maximum atomic E-state index is 12.7. The first kappa shape index (κ1) is 23.2. The highest BCUT2D eigenvalue weighted by Gasteiger charge is 2.28. The van der Waals surface area contributed by atoms with Crippen LogP contribution >= 0.6 is 11.3 Å². The Bertz CT molecular complexity index is 922. The van der Waals surface area contributed by atoms with E-state index >= 15 is 0 Å². The molecule has 0 saturated carbocycles. The number of amides is 1. The molecule has 0 fully saturated rings. The van der Waals surface area contributed by atoms with Crippen molar-refractivity contribution in [3.05, 3.63) is 40.3 Å². The average molecular weight is 435 g/mol. The topological polar surface area (TPSA) is 100 Å². The zero-order chi connectivity index (χ0) is 22.3. The maximum Gasteiger partial charge on any atom is 0.348 e. The number of nitrogens with one attached hydrogen (secondary N) is 1. The molecule has 0 aliphatic rings. The van der Waals surface area contributed by atoms with Crippen LogP contribution in [0.5, 0.6) is 11.5 Å². The second-order valence-corrected chi connectivity index (χ2v) is 7.15. The van der Waals surface area contributed by atoms with E-state index < -0.39 is 23.9 Å². The van der Waals surface area contributed by atoms with Gasteiger partial charge in [-0.1, -0.05) is 6.07 Å². The lowest BCUT2D eigenvalue weighted by Gasteiger charge is -2.15. The van der Waals surface area contributed by atoms with Crippen LogP contribution in [0.2, 0.25) is 0 Å². The first-order valence-electron chi connectivity index (χ1n) is 9.41. The summed E-state index contributed by atoms with van der Waals surface area (Å²) < 4.78 is 20.9. The fourth-order valence-corrected chi connectivity index (χ4v) is 3.68. The van der Waals surface area contributed by atoms with Gasteiger partial charge in [0.15, 0.2) is 6.10 Å². The van der Waals surface area contributed by atoms with Crippen molar-refractivity contribution in [2.75, 3.05) is 25.6 Å². The van der Waals surface area contributed by atoms with Crippen molar-refractivity contribution in [3.63, 3.8) is 0 Å². The van der Waals surface area contributed by atoms with Crippen LogP contribution in [0.4, 0.5) is 5.00 Å². The highest BCUT2D eigenvalue weighted by Crippen LogP contribution is 2.34. The molecule has 1 atom stereocenters. The molecule has 0 spiro atoms. The Balaban J connectivity index is 2.26. The molecular weight excluding hydrogens is 410 g/mol. The van der Waals surface area contributed by atoms with Gasteiger partial charge in [0.2, 0.25) is 0 Å². The predicted molar refractivity (Wildman–Crippen MR) is 113 cm³/mol. The maximum absolute atomic E-state index is 12.7. The van der Waals surface area contributed by atoms with Gasteiger partial charge >= 0.3 is 11.9 Å². The van der Waals surface area contributed by atoms with E-state index in [0.29, 0.717) is 17.1 Å². The van der Waals surface area contributed by atoms with E-state index in [-0.39, 0.29) is 28.7 Å². The number of hydrogen-bond donors (Lipinski definition) is 1. The highest BCUT2D eigenvalue weighted by molar-refractivity contribution is 7.18. The van der Waals surface area contributed by atoms with Crippen LogP contribution < -0.4 is 14.8 Å². The molecule has 1 unspecified atom stereocenters. The number of rotatable bonds is 9. The molecule has 8 nitrogen and oxygen atoms in total. The van der Waals surface area contributed by atoms with Gasteiger partial charge in [-0.2, -0.15) is 0 Å². The van der Waals surface area contributed by atoms with Gasteiger partial charge in [0.05, 0.1) is 25.9 Å². The third kappa shape index (κ3) is 5.50. The third-order valence-corrected chi connectivity index (χ3v) is 5.23. The van der Waals surface area contributed by atoms with E-state index in [2.05, 4.69) is 5.32 Å². The number of esters is 2. The molecular formula is C21H25NO7S. The van der Waals surface area contributed by atoms with Crippen LogP contribution in [0.15, 0.2) is 24.3 Å². The van der Waals surface area contributed by atoms with Crippen LogP contribution in [0, 0.1) is 6.92 Å². The third-order valence-electron chi connectivity index (χ3n) is 4.05. The van der Waals surface area contributed by atoms with Crippen molar-refractivity contribution >= 4 is 34.2 Å². The lowest BCUT2D eigenvalue weighted by Crippen LogP contribution is -2.30. The number of ether oxygens (including phenoxy) is 4. The molecule has 0 saturated heterocycles. The van der Waals surface area contributed by atoms with Crippen molar-refractivity contribution in [1.82, 2.24) is 0 Å². The number of hydrogen-bond acceptors (Lipinski definition) is 8. The summed E-state index contributed by atoms with van der Waals surface area (Å²) in [6, 6.07) is 6.85. The largest absolute Gasteiger partial charge is 0.497 e. The quantitative estimate of drug-likeness (QED) is 0.598. The minimum absolute atomic E-state index is 0.131. The zero-order valence-electron chi connectivity index (χ0n) is 17.6. The van der Waals surface area contributed by atoms with Gasteiger partial charge in [-0.05, 0) is 45.4 Å². The van der Waals surface area contributed by atoms with Gasteiger partial charge in [0, 0.05) is 6.07 Å². The van der Waals surface area contributed by atoms with E-state index in [1.165, 1.54) is 7.11 Å². The molecule has 1 amide bonds. The van der Waals surface area contributed by atoms with E-state index in [0.717, 1.165) is 11.3 Å². The molecule has 0 bridgehead atoms. The number of carbonyl (C=O) groups excluding carboxylic acids is 3. The summed E-state index contributed by atoms with van der Waals surface area (Å²) in [6.45, 7) is 6.90. The van der Waals surface area contributed by atoms with Gasteiger partial charge in [0.1, 0.15) is 21.4 Å². The highest BCUT2D eigenvalue weighted by atomic mass is 32.1. The van der Waals surface area contributed by atoms with Crippen molar-refractivity contribution in [3.8, 4) is 11.5 Å². The molecule has 30 heavy (non-hydrogen) atoms. The summed E-state index contributed by atoms with van der Waals surface area (Å²) in [5.74, 6) is -0.625. The van der Waals surface area contributed by atoms with Crippen LogP contribution in [-0.2, 0) is 14.3 Å². The molecule has 0 aliphatic heterocycles. The average Bonchev–Trinajstić information content (AvgIpc) is 3.04. The van der Waals surface area contributed by atoms with Gasteiger partial charge in [-0.3, -0.25) is 4.79 Å². The Labute approximate surface area is 179 Å². The number of anilines is 1.